The van der Waals surface area contributed by atoms with Crippen LogP contribution in [0.1, 0.15) is 43.4 Å². The van der Waals surface area contributed by atoms with E-state index in [2.05, 4.69) is 4.98 Å². The highest BCUT2D eigenvalue weighted by Crippen LogP contribution is 2.34. The highest BCUT2D eigenvalue weighted by atomic mass is 16.5. The predicted octanol–water partition coefficient (Wildman–Crippen LogP) is 4.70. The summed E-state index contributed by atoms with van der Waals surface area (Å²) in [5.41, 5.74) is 10.5. The second kappa shape index (κ2) is 12.6. The maximum atomic E-state index is 13.5. The van der Waals surface area contributed by atoms with Crippen molar-refractivity contribution < 1.29 is 24.3 Å². The highest BCUT2D eigenvalue weighted by molar-refractivity contribution is 5.94. The van der Waals surface area contributed by atoms with E-state index in [1.165, 1.54) is 4.90 Å². The Morgan fingerprint density at radius 1 is 1.02 bits per heavy atom. The molecule has 0 spiro atoms. The summed E-state index contributed by atoms with van der Waals surface area (Å²) in [6, 6.07) is 26.1. The molecule has 0 saturated carbocycles. The Hall–Kier alpha value is -4.47. The molecule has 2 heterocycles. The molecular formula is C33H36N4O5. The van der Waals surface area contributed by atoms with Crippen LogP contribution in [0.5, 0.6) is 11.6 Å². The van der Waals surface area contributed by atoms with Crippen LogP contribution in [0, 0.1) is 5.92 Å². The third-order valence-corrected chi connectivity index (χ3v) is 7.64. The van der Waals surface area contributed by atoms with Crippen LogP contribution < -0.4 is 20.7 Å². The van der Waals surface area contributed by atoms with Gasteiger partial charge in [-0.2, -0.15) is 0 Å². The van der Waals surface area contributed by atoms with Gasteiger partial charge in [0.25, 0.3) is 5.91 Å². The van der Waals surface area contributed by atoms with Gasteiger partial charge in [-0.3, -0.25) is 14.8 Å². The van der Waals surface area contributed by atoms with Crippen molar-refractivity contribution in [1.29, 1.82) is 0 Å². The zero-order chi connectivity index (χ0) is 29.7. The Morgan fingerprint density at radius 3 is 2.45 bits per heavy atom. The molecule has 1 aliphatic rings. The standard InChI is InChI=1S/C33H36N4O5/c1-22(2)18-29(31(38)36-40)37-17-16-33(34,32(37)39)25-12-14-26(15-13-25)41-21-24-19-30(35-28-11-7-6-10-27(24)28)42-20-23-8-4-3-5-9-23/h3-15,19,22,29,40H,16-18,20-21,34H2,1-2H3,(H,36,38)/t29-,33-/m1/s1. The van der Waals surface area contributed by atoms with Crippen molar-refractivity contribution in [2.45, 2.75) is 51.5 Å². The lowest BCUT2D eigenvalue weighted by Crippen LogP contribution is -2.52. The fourth-order valence-corrected chi connectivity index (χ4v) is 5.38. The van der Waals surface area contributed by atoms with Crippen molar-refractivity contribution in [3.05, 3.63) is 102 Å². The van der Waals surface area contributed by atoms with E-state index in [0.29, 0.717) is 43.2 Å². The summed E-state index contributed by atoms with van der Waals surface area (Å²) in [6.45, 7) is 4.94. The fraction of sp³-hybridized carbons (Fsp3) is 0.303. The topological polar surface area (TPSA) is 127 Å². The smallest absolute Gasteiger partial charge is 0.266 e. The van der Waals surface area contributed by atoms with Crippen LogP contribution in [0.3, 0.4) is 0 Å². The van der Waals surface area contributed by atoms with Crippen LogP contribution in [-0.4, -0.2) is 39.5 Å². The number of nitrogens with two attached hydrogens (primary N) is 1. The number of rotatable bonds is 11. The molecule has 1 aliphatic heterocycles. The van der Waals surface area contributed by atoms with E-state index < -0.39 is 17.5 Å². The van der Waals surface area contributed by atoms with Gasteiger partial charge in [-0.1, -0.05) is 74.5 Å². The average molecular weight is 569 g/mol. The second-order valence-corrected chi connectivity index (χ2v) is 11.1. The summed E-state index contributed by atoms with van der Waals surface area (Å²) in [6.07, 6.45) is 0.776. The molecule has 0 bridgehead atoms. The van der Waals surface area contributed by atoms with Crippen LogP contribution >= 0.6 is 0 Å². The largest absolute Gasteiger partial charge is 0.489 e. The van der Waals surface area contributed by atoms with Crippen LogP contribution in [-0.2, 0) is 28.3 Å². The molecule has 4 aromatic rings. The van der Waals surface area contributed by atoms with E-state index >= 15 is 0 Å². The lowest BCUT2D eigenvalue weighted by Gasteiger charge is -2.30. The lowest BCUT2D eigenvalue weighted by atomic mass is 9.89. The number of ether oxygens (including phenoxy) is 2. The maximum absolute atomic E-state index is 13.5. The number of pyridine rings is 1. The van der Waals surface area contributed by atoms with Crippen molar-refractivity contribution in [1.82, 2.24) is 15.4 Å². The number of fused-ring (bicyclic) bond motifs is 1. The molecule has 2 atom stereocenters. The molecule has 9 heteroatoms. The van der Waals surface area contributed by atoms with Gasteiger partial charge in [-0.15, -0.1) is 0 Å². The molecular weight excluding hydrogens is 532 g/mol. The van der Waals surface area contributed by atoms with Gasteiger partial charge in [0.15, 0.2) is 0 Å². The van der Waals surface area contributed by atoms with E-state index in [1.54, 1.807) is 29.7 Å². The van der Waals surface area contributed by atoms with E-state index in [9.17, 15) is 14.8 Å². The monoisotopic (exact) mass is 568 g/mol. The van der Waals surface area contributed by atoms with Gasteiger partial charge in [0.05, 0.1) is 5.52 Å². The zero-order valence-electron chi connectivity index (χ0n) is 23.8. The summed E-state index contributed by atoms with van der Waals surface area (Å²) in [5, 5.41) is 10.2. The number of aromatic nitrogens is 1. The summed E-state index contributed by atoms with van der Waals surface area (Å²) < 4.78 is 12.1. The van der Waals surface area contributed by atoms with E-state index in [4.69, 9.17) is 15.2 Å². The molecule has 5 rings (SSSR count). The van der Waals surface area contributed by atoms with E-state index in [-0.39, 0.29) is 18.4 Å². The Bertz CT molecular complexity index is 1540. The van der Waals surface area contributed by atoms with Crippen LogP contribution in [0.2, 0.25) is 0 Å². The number of hydrogen-bond donors (Lipinski definition) is 3. The van der Waals surface area contributed by atoms with Crippen molar-refractivity contribution in [2.75, 3.05) is 6.54 Å². The molecule has 1 fully saturated rings. The molecule has 3 aromatic carbocycles. The van der Waals surface area contributed by atoms with Crippen molar-refractivity contribution in [3.63, 3.8) is 0 Å². The first-order valence-electron chi connectivity index (χ1n) is 14.1. The quantitative estimate of drug-likeness (QED) is 0.177. The first-order valence-corrected chi connectivity index (χ1v) is 14.1. The molecule has 1 saturated heterocycles. The van der Waals surface area contributed by atoms with E-state index in [1.807, 2.05) is 74.5 Å². The van der Waals surface area contributed by atoms with Gasteiger partial charge in [-0.05, 0) is 48.1 Å². The number of likely N-dealkylation sites (tertiary alicyclic amines) is 1. The summed E-state index contributed by atoms with van der Waals surface area (Å²) in [5.74, 6) is 0.341. The number of hydrogen-bond acceptors (Lipinski definition) is 7. The third-order valence-electron chi connectivity index (χ3n) is 7.64. The molecule has 9 nitrogen and oxygen atoms in total. The SMILES string of the molecule is CC(C)C[C@H](C(=O)NO)N1CC[C@@](N)(c2ccc(OCc3cc(OCc4ccccc4)nc4ccccc34)cc2)C1=O. The number of nitrogens with one attached hydrogen (secondary N) is 1. The molecule has 2 amide bonds. The lowest BCUT2D eigenvalue weighted by molar-refractivity contribution is -0.144. The Morgan fingerprint density at radius 2 is 1.74 bits per heavy atom. The Balaban J connectivity index is 1.29. The molecule has 0 unspecified atom stereocenters. The van der Waals surface area contributed by atoms with Crippen molar-refractivity contribution >= 4 is 22.7 Å². The number of carbonyl (C=O) groups is 2. The summed E-state index contributed by atoms with van der Waals surface area (Å²) >= 11 is 0. The first-order chi connectivity index (χ1) is 20.3. The molecule has 1 aromatic heterocycles. The minimum absolute atomic E-state index is 0.147. The minimum atomic E-state index is -1.27. The highest BCUT2D eigenvalue weighted by Gasteiger charge is 2.48. The van der Waals surface area contributed by atoms with Gasteiger partial charge in [0, 0.05) is 23.6 Å². The number of nitrogens with zero attached hydrogens (tertiary/aromatic N) is 2. The molecule has 42 heavy (non-hydrogen) atoms. The predicted molar refractivity (Wildman–Crippen MR) is 159 cm³/mol. The second-order valence-electron chi connectivity index (χ2n) is 11.1. The number of hydroxylamine groups is 1. The summed E-state index contributed by atoms with van der Waals surface area (Å²) in [7, 11) is 0. The van der Waals surface area contributed by atoms with Crippen molar-refractivity contribution in [2.24, 2.45) is 11.7 Å². The first kappa shape index (κ1) is 29.0. The summed E-state index contributed by atoms with van der Waals surface area (Å²) in [4.78, 5) is 31.9. The van der Waals surface area contributed by atoms with Crippen molar-refractivity contribution in [3.8, 4) is 11.6 Å². The number of benzene rings is 3. The van der Waals surface area contributed by atoms with Crippen LogP contribution in [0.4, 0.5) is 0 Å². The van der Waals surface area contributed by atoms with Gasteiger partial charge in [0.2, 0.25) is 11.8 Å². The fourth-order valence-electron chi connectivity index (χ4n) is 5.38. The molecule has 4 N–H and O–H groups in total. The minimum Gasteiger partial charge on any atom is -0.489 e. The zero-order valence-corrected chi connectivity index (χ0v) is 23.8. The molecule has 218 valence electrons. The normalized spacial score (nSPS) is 17.5. The van der Waals surface area contributed by atoms with E-state index in [0.717, 1.165) is 22.0 Å². The Labute approximate surface area is 245 Å². The number of para-hydroxylation sites is 1. The van der Waals surface area contributed by atoms with Crippen LogP contribution in [0.15, 0.2) is 84.9 Å². The number of amides is 2. The maximum Gasteiger partial charge on any atom is 0.266 e. The molecule has 0 radical (unpaired) electrons. The van der Waals surface area contributed by atoms with Gasteiger partial charge in [-0.25, -0.2) is 10.5 Å². The van der Waals surface area contributed by atoms with Crippen LogP contribution in [0.25, 0.3) is 10.9 Å². The Kier molecular flexibility index (Phi) is 8.70. The van der Waals surface area contributed by atoms with Gasteiger partial charge >= 0.3 is 0 Å². The van der Waals surface area contributed by atoms with Gasteiger partial charge < -0.3 is 20.1 Å². The average Bonchev–Trinajstić information content (AvgIpc) is 3.32. The van der Waals surface area contributed by atoms with Gasteiger partial charge in [0.1, 0.15) is 30.5 Å². The molecule has 0 aliphatic carbocycles. The third kappa shape index (κ3) is 6.22. The number of carbonyl (C=O) groups excluding carboxylic acids is 2.